The Morgan fingerprint density at radius 1 is 1.50 bits per heavy atom. The lowest BCUT2D eigenvalue weighted by Gasteiger charge is -2.18. The Balaban J connectivity index is 1.98. The third-order valence-electron chi connectivity index (χ3n) is 2.63. The van der Waals surface area contributed by atoms with E-state index >= 15 is 0 Å². The summed E-state index contributed by atoms with van der Waals surface area (Å²) >= 11 is 1.55. The van der Waals surface area contributed by atoms with Crippen molar-refractivity contribution in [2.45, 2.75) is 6.54 Å². The molecule has 6 heteroatoms. The summed E-state index contributed by atoms with van der Waals surface area (Å²) in [5, 5.41) is 3.68. The molecular formula is C12H11N3O2S. The van der Waals surface area contributed by atoms with Gasteiger partial charge in [0, 0.05) is 12.7 Å². The van der Waals surface area contributed by atoms with Crippen LogP contribution < -0.4 is 15.8 Å². The molecule has 1 aromatic carbocycles. The van der Waals surface area contributed by atoms with E-state index < -0.39 is 0 Å². The summed E-state index contributed by atoms with van der Waals surface area (Å²) in [6.45, 7) is 0.514. The molecule has 0 saturated heterocycles. The smallest absolute Gasteiger partial charge is 0.262 e. The van der Waals surface area contributed by atoms with Gasteiger partial charge in [-0.05, 0) is 23.8 Å². The maximum atomic E-state index is 11.3. The normalized spacial score (nSPS) is 13.7. The minimum absolute atomic E-state index is 0.0736. The Hall–Kier alpha value is -1.92. The van der Waals surface area contributed by atoms with Crippen LogP contribution in [-0.2, 0) is 11.3 Å². The molecule has 1 amide bonds. The second kappa shape index (κ2) is 4.40. The molecule has 1 aliphatic heterocycles. The van der Waals surface area contributed by atoms with Crippen molar-refractivity contribution in [1.82, 2.24) is 4.98 Å². The molecule has 18 heavy (non-hydrogen) atoms. The number of fused-ring (bicyclic) bond motifs is 1. The van der Waals surface area contributed by atoms with Crippen LogP contribution in [0.3, 0.4) is 0 Å². The van der Waals surface area contributed by atoms with Gasteiger partial charge in [-0.1, -0.05) is 0 Å². The summed E-state index contributed by atoms with van der Waals surface area (Å²) in [5.74, 6) is 0.563. The highest BCUT2D eigenvalue weighted by molar-refractivity contribution is 7.15. The van der Waals surface area contributed by atoms with Crippen molar-refractivity contribution in [3.05, 3.63) is 29.4 Å². The summed E-state index contributed by atoms with van der Waals surface area (Å²) in [5.41, 5.74) is 7.24. The molecule has 3 N–H and O–H groups in total. The molecule has 0 bridgehead atoms. The van der Waals surface area contributed by atoms with E-state index in [0.717, 1.165) is 15.4 Å². The van der Waals surface area contributed by atoms with E-state index in [1.165, 1.54) is 0 Å². The van der Waals surface area contributed by atoms with E-state index in [-0.39, 0.29) is 12.5 Å². The number of benzene rings is 1. The minimum atomic E-state index is -0.133. The summed E-state index contributed by atoms with van der Waals surface area (Å²) in [6.07, 6.45) is 1.79. The molecule has 1 aliphatic rings. The molecule has 0 atom stereocenters. The van der Waals surface area contributed by atoms with Crippen molar-refractivity contribution in [2.24, 2.45) is 5.73 Å². The lowest BCUT2D eigenvalue weighted by atomic mass is 10.1. The Labute approximate surface area is 108 Å². The summed E-state index contributed by atoms with van der Waals surface area (Å²) in [7, 11) is 0. The van der Waals surface area contributed by atoms with Crippen molar-refractivity contribution in [3.63, 3.8) is 0 Å². The van der Waals surface area contributed by atoms with Crippen molar-refractivity contribution in [2.75, 3.05) is 11.9 Å². The van der Waals surface area contributed by atoms with Crippen LogP contribution in [0.1, 0.15) is 5.01 Å². The Morgan fingerprint density at radius 3 is 3.17 bits per heavy atom. The number of rotatable bonds is 2. The molecule has 0 aliphatic carbocycles. The van der Waals surface area contributed by atoms with Crippen LogP contribution in [0.4, 0.5) is 5.69 Å². The molecule has 5 nitrogen and oxygen atoms in total. The van der Waals surface area contributed by atoms with Gasteiger partial charge in [-0.3, -0.25) is 4.79 Å². The quantitative estimate of drug-likeness (QED) is 0.860. The number of hydrogen-bond acceptors (Lipinski definition) is 5. The zero-order valence-electron chi connectivity index (χ0n) is 9.47. The number of nitrogens with zero attached hydrogens (tertiary/aromatic N) is 1. The van der Waals surface area contributed by atoms with Gasteiger partial charge >= 0.3 is 0 Å². The highest BCUT2D eigenvalue weighted by Gasteiger charge is 2.16. The molecule has 2 aromatic rings. The number of ether oxygens (including phenoxy) is 1. The van der Waals surface area contributed by atoms with Crippen LogP contribution in [0.15, 0.2) is 24.4 Å². The van der Waals surface area contributed by atoms with Gasteiger partial charge in [-0.25, -0.2) is 4.98 Å². The fraction of sp³-hybridized carbons (Fsp3) is 0.167. The third-order valence-corrected chi connectivity index (χ3v) is 3.69. The first-order valence-electron chi connectivity index (χ1n) is 5.48. The highest BCUT2D eigenvalue weighted by atomic mass is 32.1. The van der Waals surface area contributed by atoms with Gasteiger partial charge in [0.2, 0.25) is 0 Å². The van der Waals surface area contributed by atoms with E-state index in [0.29, 0.717) is 18.0 Å². The summed E-state index contributed by atoms with van der Waals surface area (Å²) < 4.78 is 5.31. The molecule has 92 valence electrons. The third kappa shape index (κ3) is 1.96. The molecule has 1 aromatic heterocycles. The first-order chi connectivity index (χ1) is 8.76. The first-order valence-corrected chi connectivity index (χ1v) is 6.30. The zero-order valence-corrected chi connectivity index (χ0v) is 10.3. The van der Waals surface area contributed by atoms with Crippen molar-refractivity contribution < 1.29 is 9.53 Å². The predicted octanol–water partition coefficient (Wildman–Crippen LogP) is 1.60. The van der Waals surface area contributed by atoms with Crippen LogP contribution in [0, 0.1) is 0 Å². The molecule has 3 rings (SSSR count). The van der Waals surface area contributed by atoms with Crippen LogP contribution >= 0.6 is 11.3 Å². The number of amides is 1. The zero-order chi connectivity index (χ0) is 12.5. The topological polar surface area (TPSA) is 77.2 Å². The minimum Gasteiger partial charge on any atom is -0.482 e. The number of anilines is 1. The highest BCUT2D eigenvalue weighted by Crippen LogP contribution is 2.34. The van der Waals surface area contributed by atoms with Gasteiger partial charge in [0.25, 0.3) is 5.91 Å². The second-order valence-electron chi connectivity index (χ2n) is 3.87. The maximum Gasteiger partial charge on any atom is 0.262 e. The Morgan fingerprint density at radius 2 is 2.39 bits per heavy atom. The predicted molar refractivity (Wildman–Crippen MR) is 69.6 cm³/mol. The largest absolute Gasteiger partial charge is 0.482 e. The average molecular weight is 261 g/mol. The van der Waals surface area contributed by atoms with Crippen LogP contribution in [0.5, 0.6) is 5.75 Å². The molecule has 0 radical (unpaired) electrons. The summed E-state index contributed by atoms with van der Waals surface area (Å²) in [6, 6.07) is 5.69. The summed E-state index contributed by atoms with van der Waals surface area (Å²) in [4.78, 5) is 16.5. The average Bonchev–Trinajstić information content (AvgIpc) is 2.86. The fourth-order valence-electron chi connectivity index (χ4n) is 1.77. The van der Waals surface area contributed by atoms with E-state index in [9.17, 15) is 4.79 Å². The van der Waals surface area contributed by atoms with Gasteiger partial charge in [-0.15, -0.1) is 11.3 Å². The monoisotopic (exact) mass is 261 g/mol. The Bertz CT molecular complexity index is 609. The molecule has 0 spiro atoms. The number of carbonyl (C=O) groups is 1. The lowest BCUT2D eigenvalue weighted by Crippen LogP contribution is -2.25. The number of nitrogens with one attached hydrogen (secondary N) is 1. The SMILES string of the molecule is NCc1ncc(-c2ccc3c(c2)NC(=O)CO3)s1. The standard InChI is InChI=1S/C12H11N3O2S/c13-4-12-14-5-10(18-12)7-1-2-9-8(3-7)15-11(16)6-17-9/h1-3,5H,4,6,13H2,(H,15,16). The fourth-order valence-corrected chi connectivity index (χ4v) is 2.57. The lowest BCUT2D eigenvalue weighted by molar-refractivity contribution is -0.118. The molecular weight excluding hydrogens is 250 g/mol. The van der Waals surface area contributed by atoms with E-state index in [4.69, 9.17) is 10.5 Å². The van der Waals surface area contributed by atoms with E-state index in [2.05, 4.69) is 10.3 Å². The van der Waals surface area contributed by atoms with Crippen molar-refractivity contribution in [3.8, 4) is 16.2 Å². The van der Waals surface area contributed by atoms with Crippen LogP contribution in [-0.4, -0.2) is 17.5 Å². The van der Waals surface area contributed by atoms with Gasteiger partial charge in [-0.2, -0.15) is 0 Å². The van der Waals surface area contributed by atoms with E-state index in [1.807, 2.05) is 18.2 Å². The number of thiazole rings is 1. The van der Waals surface area contributed by atoms with Gasteiger partial charge < -0.3 is 15.8 Å². The molecule has 0 unspecified atom stereocenters. The van der Waals surface area contributed by atoms with Crippen LogP contribution in [0.2, 0.25) is 0 Å². The molecule has 0 saturated carbocycles. The number of carbonyl (C=O) groups excluding carboxylic acids is 1. The number of nitrogens with two attached hydrogens (primary N) is 1. The molecule has 2 heterocycles. The second-order valence-corrected chi connectivity index (χ2v) is 4.99. The Kier molecular flexibility index (Phi) is 2.73. The van der Waals surface area contributed by atoms with Crippen LogP contribution in [0.25, 0.3) is 10.4 Å². The van der Waals surface area contributed by atoms with E-state index in [1.54, 1.807) is 17.5 Å². The van der Waals surface area contributed by atoms with Gasteiger partial charge in [0.05, 0.1) is 10.6 Å². The first kappa shape index (κ1) is 11.2. The van der Waals surface area contributed by atoms with Gasteiger partial charge in [0.15, 0.2) is 6.61 Å². The van der Waals surface area contributed by atoms with Crippen molar-refractivity contribution >= 4 is 22.9 Å². The maximum absolute atomic E-state index is 11.3. The number of hydrogen-bond donors (Lipinski definition) is 2. The molecule has 0 fully saturated rings. The van der Waals surface area contributed by atoms with Gasteiger partial charge in [0.1, 0.15) is 10.8 Å². The van der Waals surface area contributed by atoms with Crippen molar-refractivity contribution in [1.29, 1.82) is 0 Å². The number of aromatic nitrogens is 1.